The smallest absolute Gasteiger partial charge is 0.159 e. The SMILES string of the molecule is c1ccc2cc(-c3ccc(N(c4cccc5nonc45)c4ccc(-c5cccc6ccccc56)c5nonc45)c4nonc34)ccc2c1. The van der Waals surface area contributed by atoms with Crippen molar-refractivity contribution in [1.29, 1.82) is 0 Å². The van der Waals surface area contributed by atoms with Gasteiger partial charge in [-0.2, -0.15) is 0 Å². The fourth-order valence-corrected chi connectivity index (χ4v) is 6.70. The van der Waals surface area contributed by atoms with Crippen LogP contribution in [0.25, 0.3) is 76.9 Å². The maximum Gasteiger partial charge on any atom is 0.159 e. The molecular formula is C38H21N7O3. The van der Waals surface area contributed by atoms with Gasteiger partial charge < -0.3 is 4.90 Å². The van der Waals surface area contributed by atoms with E-state index in [1.165, 1.54) is 0 Å². The Kier molecular flexibility index (Phi) is 5.64. The molecule has 10 nitrogen and oxygen atoms in total. The molecule has 0 aliphatic carbocycles. The average molecular weight is 624 g/mol. The fourth-order valence-electron chi connectivity index (χ4n) is 6.70. The van der Waals surface area contributed by atoms with Crippen molar-refractivity contribution >= 4 is 71.7 Å². The van der Waals surface area contributed by atoms with Crippen molar-refractivity contribution < 1.29 is 13.9 Å². The van der Waals surface area contributed by atoms with Gasteiger partial charge in [0, 0.05) is 11.1 Å². The van der Waals surface area contributed by atoms with E-state index < -0.39 is 0 Å². The maximum atomic E-state index is 5.44. The van der Waals surface area contributed by atoms with Crippen LogP contribution < -0.4 is 4.90 Å². The van der Waals surface area contributed by atoms with Crippen LogP contribution in [0.4, 0.5) is 17.1 Å². The Bertz CT molecular complexity index is 2830. The fraction of sp³-hybridized carbons (Fsp3) is 0. The standard InChI is InChI=1S/C38H21N7O3/c1-2-9-24-21-25(16-15-22(24)7-1)27-17-19-32(37-34(27)40-47-43-37)45(31-14-6-13-30-36(31)42-46-39-30)33-20-18-29(35-38(33)44-48-41-35)28-12-5-10-23-8-3-4-11-26(23)28/h1-21H. The molecule has 10 heteroatoms. The molecule has 7 aromatic carbocycles. The van der Waals surface area contributed by atoms with Crippen LogP contribution in [0.15, 0.2) is 141 Å². The Hall–Kier alpha value is -6.94. The molecule has 0 spiro atoms. The summed E-state index contributed by atoms with van der Waals surface area (Å²) in [5.74, 6) is 0. The lowest BCUT2D eigenvalue weighted by atomic mass is 9.96. The molecule has 0 aliphatic rings. The summed E-state index contributed by atoms with van der Waals surface area (Å²) < 4.78 is 16.0. The molecule has 48 heavy (non-hydrogen) atoms. The number of aromatic nitrogens is 6. The number of fused-ring (bicyclic) bond motifs is 5. The molecule has 3 aromatic heterocycles. The summed E-state index contributed by atoms with van der Waals surface area (Å²) in [4.78, 5) is 2.00. The van der Waals surface area contributed by atoms with Crippen molar-refractivity contribution in [1.82, 2.24) is 30.9 Å². The molecule has 0 amide bonds. The second-order valence-corrected chi connectivity index (χ2v) is 11.5. The van der Waals surface area contributed by atoms with E-state index in [-0.39, 0.29) is 0 Å². The first-order chi connectivity index (χ1) is 23.8. The highest BCUT2D eigenvalue weighted by atomic mass is 16.6. The zero-order valence-electron chi connectivity index (χ0n) is 25.0. The van der Waals surface area contributed by atoms with Crippen molar-refractivity contribution in [2.45, 2.75) is 0 Å². The molecule has 0 aliphatic heterocycles. The van der Waals surface area contributed by atoms with Crippen LogP contribution >= 0.6 is 0 Å². The van der Waals surface area contributed by atoms with Gasteiger partial charge in [0.05, 0.1) is 17.1 Å². The molecule has 0 atom stereocenters. The number of hydrogen-bond acceptors (Lipinski definition) is 10. The third kappa shape index (κ3) is 3.93. The highest BCUT2D eigenvalue weighted by Crippen LogP contribution is 2.46. The second-order valence-electron chi connectivity index (χ2n) is 11.5. The third-order valence-corrected chi connectivity index (χ3v) is 8.92. The summed E-state index contributed by atoms with van der Waals surface area (Å²) in [7, 11) is 0. The predicted octanol–water partition coefficient (Wildman–Crippen LogP) is 9.41. The summed E-state index contributed by atoms with van der Waals surface area (Å²) >= 11 is 0. The quantitative estimate of drug-likeness (QED) is 0.183. The predicted molar refractivity (Wildman–Crippen MR) is 183 cm³/mol. The largest absolute Gasteiger partial charge is 0.303 e. The van der Waals surface area contributed by atoms with Crippen LogP contribution in [0, 0.1) is 0 Å². The normalized spacial score (nSPS) is 11.8. The first-order valence-electron chi connectivity index (χ1n) is 15.3. The van der Waals surface area contributed by atoms with Crippen molar-refractivity contribution in [3.8, 4) is 22.3 Å². The third-order valence-electron chi connectivity index (χ3n) is 8.92. The Labute approximate surface area is 270 Å². The Balaban J connectivity index is 1.22. The van der Waals surface area contributed by atoms with E-state index in [4.69, 9.17) is 13.9 Å². The van der Waals surface area contributed by atoms with E-state index in [9.17, 15) is 0 Å². The first kappa shape index (κ1) is 26.3. The van der Waals surface area contributed by atoms with Gasteiger partial charge in [-0.1, -0.05) is 84.9 Å². The Morgan fingerprint density at radius 3 is 1.81 bits per heavy atom. The number of rotatable bonds is 5. The molecule has 0 unspecified atom stereocenters. The minimum atomic E-state index is 0.553. The summed E-state index contributed by atoms with van der Waals surface area (Å²) in [6, 6.07) is 42.9. The Morgan fingerprint density at radius 1 is 0.375 bits per heavy atom. The van der Waals surface area contributed by atoms with Gasteiger partial charge in [-0.05, 0) is 106 Å². The van der Waals surface area contributed by atoms with Gasteiger partial charge in [0.25, 0.3) is 0 Å². The monoisotopic (exact) mass is 623 g/mol. The van der Waals surface area contributed by atoms with E-state index in [1.807, 2.05) is 77.7 Å². The molecule has 0 saturated carbocycles. The molecule has 3 heterocycles. The van der Waals surface area contributed by atoms with Crippen LogP contribution in [-0.4, -0.2) is 30.9 Å². The zero-order chi connectivity index (χ0) is 31.6. The highest BCUT2D eigenvalue weighted by molar-refractivity contribution is 6.11. The summed E-state index contributed by atoms with van der Waals surface area (Å²) in [5, 5.41) is 30.6. The van der Waals surface area contributed by atoms with Gasteiger partial charge in [-0.15, -0.1) is 0 Å². The average Bonchev–Trinajstić information content (AvgIpc) is 3.93. The van der Waals surface area contributed by atoms with Crippen molar-refractivity contribution in [3.63, 3.8) is 0 Å². The van der Waals surface area contributed by atoms with Gasteiger partial charge >= 0.3 is 0 Å². The van der Waals surface area contributed by atoms with Gasteiger partial charge in [0.2, 0.25) is 0 Å². The molecule has 10 rings (SSSR count). The Morgan fingerprint density at radius 2 is 0.979 bits per heavy atom. The number of nitrogens with zero attached hydrogens (tertiary/aromatic N) is 7. The summed E-state index contributed by atoms with van der Waals surface area (Å²) in [6.07, 6.45) is 0. The summed E-state index contributed by atoms with van der Waals surface area (Å²) in [5.41, 5.74) is 9.37. The van der Waals surface area contributed by atoms with Crippen molar-refractivity contribution in [3.05, 3.63) is 127 Å². The van der Waals surface area contributed by atoms with Gasteiger partial charge in [-0.25, -0.2) is 13.9 Å². The molecule has 0 fully saturated rings. The lowest BCUT2D eigenvalue weighted by Gasteiger charge is -2.25. The molecule has 0 saturated heterocycles. The zero-order valence-corrected chi connectivity index (χ0v) is 25.0. The highest BCUT2D eigenvalue weighted by Gasteiger charge is 2.27. The summed E-state index contributed by atoms with van der Waals surface area (Å²) in [6.45, 7) is 0. The van der Waals surface area contributed by atoms with E-state index in [2.05, 4.69) is 85.5 Å². The topological polar surface area (TPSA) is 120 Å². The van der Waals surface area contributed by atoms with E-state index in [0.717, 1.165) is 43.8 Å². The van der Waals surface area contributed by atoms with Crippen LogP contribution in [0.5, 0.6) is 0 Å². The van der Waals surface area contributed by atoms with E-state index in [0.29, 0.717) is 50.2 Å². The molecule has 0 radical (unpaired) electrons. The van der Waals surface area contributed by atoms with Crippen LogP contribution in [0.2, 0.25) is 0 Å². The molecular weight excluding hydrogens is 602 g/mol. The van der Waals surface area contributed by atoms with Crippen LogP contribution in [-0.2, 0) is 0 Å². The van der Waals surface area contributed by atoms with Crippen molar-refractivity contribution in [2.75, 3.05) is 4.90 Å². The van der Waals surface area contributed by atoms with E-state index >= 15 is 0 Å². The second kappa shape index (κ2) is 10.3. The van der Waals surface area contributed by atoms with E-state index in [1.54, 1.807) is 0 Å². The minimum absolute atomic E-state index is 0.553. The molecule has 0 N–H and O–H groups in total. The minimum Gasteiger partial charge on any atom is -0.303 e. The lowest BCUT2D eigenvalue weighted by Crippen LogP contribution is -2.12. The first-order valence-corrected chi connectivity index (χ1v) is 15.3. The lowest BCUT2D eigenvalue weighted by molar-refractivity contribution is 0.315. The molecule has 0 bridgehead atoms. The number of hydrogen-bond donors (Lipinski definition) is 0. The van der Waals surface area contributed by atoms with Gasteiger partial charge in [0.15, 0.2) is 16.6 Å². The van der Waals surface area contributed by atoms with Crippen molar-refractivity contribution in [2.24, 2.45) is 0 Å². The van der Waals surface area contributed by atoms with Crippen LogP contribution in [0.3, 0.4) is 0 Å². The molecule has 10 aromatic rings. The maximum absolute atomic E-state index is 5.44. The van der Waals surface area contributed by atoms with Gasteiger partial charge in [-0.3, -0.25) is 0 Å². The van der Waals surface area contributed by atoms with Gasteiger partial charge in [0.1, 0.15) is 16.6 Å². The molecule has 226 valence electrons. The number of anilines is 3. The number of benzene rings is 7. The van der Waals surface area contributed by atoms with Crippen LogP contribution in [0.1, 0.15) is 0 Å².